The van der Waals surface area contributed by atoms with Gasteiger partial charge in [-0.3, -0.25) is 4.90 Å². The number of nitrogens with zero attached hydrogens (tertiary/aromatic N) is 4. The Bertz CT molecular complexity index is 577. The van der Waals surface area contributed by atoms with Crippen LogP contribution in [-0.2, 0) is 9.84 Å². The molecule has 0 spiro atoms. The van der Waals surface area contributed by atoms with E-state index in [9.17, 15) is 13.2 Å². The van der Waals surface area contributed by atoms with Gasteiger partial charge in [0.1, 0.15) is 0 Å². The number of hydrogen-bond donors (Lipinski definition) is 1. The standard InChI is InChI=1S/C11H18N4O4S/c1-2-4-20(18,19)5-3-14-6-9(7-14)15-8-10(11(16)17)12-13-15/h8-9H,2-7H2,1H3,(H,16,17). The summed E-state index contributed by atoms with van der Waals surface area (Å²) in [6.07, 6.45) is 2.04. The van der Waals surface area contributed by atoms with Crippen molar-refractivity contribution in [3.8, 4) is 0 Å². The first kappa shape index (κ1) is 14.9. The van der Waals surface area contributed by atoms with Gasteiger partial charge in [-0.1, -0.05) is 12.1 Å². The molecule has 0 amide bonds. The number of carboxylic acid groups (broad SMARTS) is 1. The minimum atomic E-state index is -2.95. The van der Waals surface area contributed by atoms with Gasteiger partial charge in [0.15, 0.2) is 15.5 Å². The number of sulfone groups is 1. The van der Waals surface area contributed by atoms with Crippen molar-refractivity contribution in [1.82, 2.24) is 19.9 Å². The lowest BCUT2D eigenvalue weighted by atomic mass is 10.1. The minimum Gasteiger partial charge on any atom is -0.476 e. The van der Waals surface area contributed by atoms with Gasteiger partial charge in [-0.05, 0) is 6.42 Å². The van der Waals surface area contributed by atoms with Crippen molar-refractivity contribution in [3.63, 3.8) is 0 Å². The Kier molecular flexibility index (Phi) is 4.39. The van der Waals surface area contributed by atoms with Crippen molar-refractivity contribution in [2.75, 3.05) is 31.1 Å². The first-order valence-electron chi connectivity index (χ1n) is 6.49. The molecule has 20 heavy (non-hydrogen) atoms. The van der Waals surface area contributed by atoms with Crippen LogP contribution in [0.15, 0.2) is 6.20 Å². The van der Waals surface area contributed by atoms with E-state index in [4.69, 9.17) is 5.11 Å². The van der Waals surface area contributed by atoms with Gasteiger partial charge < -0.3 is 5.11 Å². The van der Waals surface area contributed by atoms with Crippen molar-refractivity contribution < 1.29 is 18.3 Å². The second kappa shape index (κ2) is 5.88. The third-order valence-electron chi connectivity index (χ3n) is 3.28. The largest absolute Gasteiger partial charge is 0.476 e. The second-order valence-electron chi connectivity index (χ2n) is 4.95. The van der Waals surface area contributed by atoms with Crippen molar-refractivity contribution in [2.45, 2.75) is 19.4 Å². The van der Waals surface area contributed by atoms with E-state index in [-0.39, 0.29) is 23.2 Å². The van der Waals surface area contributed by atoms with E-state index in [1.54, 1.807) is 0 Å². The average Bonchev–Trinajstić information content (AvgIpc) is 2.76. The fourth-order valence-electron chi connectivity index (χ4n) is 2.13. The lowest BCUT2D eigenvalue weighted by Gasteiger charge is -2.38. The number of aromatic carboxylic acids is 1. The van der Waals surface area contributed by atoms with Gasteiger partial charge in [0.25, 0.3) is 0 Å². The Balaban J connectivity index is 1.78. The van der Waals surface area contributed by atoms with E-state index in [1.807, 2.05) is 11.8 Å². The normalized spacial score (nSPS) is 17.1. The van der Waals surface area contributed by atoms with Crippen LogP contribution in [-0.4, -0.2) is 70.5 Å². The van der Waals surface area contributed by atoms with Gasteiger partial charge >= 0.3 is 5.97 Å². The number of aromatic nitrogens is 3. The lowest BCUT2D eigenvalue weighted by molar-refractivity contribution is 0.0690. The monoisotopic (exact) mass is 302 g/mol. The topological polar surface area (TPSA) is 105 Å². The molecule has 0 aliphatic carbocycles. The maximum Gasteiger partial charge on any atom is 0.358 e. The number of hydrogen-bond acceptors (Lipinski definition) is 6. The number of rotatable bonds is 7. The zero-order valence-corrected chi connectivity index (χ0v) is 12.1. The second-order valence-corrected chi connectivity index (χ2v) is 7.26. The van der Waals surface area contributed by atoms with Crippen molar-refractivity contribution in [2.24, 2.45) is 0 Å². The fourth-order valence-corrected chi connectivity index (χ4v) is 3.49. The molecule has 1 saturated heterocycles. The molecule has 1 N–H and O–H groups in total. The molecule has 0 bridgehead atoms. The Morgan fingerprint density at radius 1 is 1.45 bits per heavy atom. The third-order valence-corrected chi connectivity index (χ3v) is 5.11. The average molecular weight is 302 g/mol. The van der Waals surface area contributed by atoms with E-state index in [0.717, 1.165) is 0 Å². The van der Waals surface area contributed by atoms with Gasteiger partial charge in [0.05, 0.1) is 18.0 Å². The fraction of sp³-hybridized carbons (Fsp3) is 0.727. The van der Waals surface area contributed by atoms with E-state index in [0.29, 0.717) is 26.1 Å². The molecule has 1 aliphatic heterocycles. The first-order chi connectivity index (χ1) is 9.41. The summed E-state index contributed by atoms with van der Waals surface area (Å²) in [5.41, 5.74) is -0.0750. The maximum absolute atomic E-state index is 11.6. The molecule has 1 fully saturated rings. The Morgan fingerprint density at radius 3 is 2.70 bits per heavy atom. The van der Waals surface area contributed by atoms with Crippen LogP contribution in [0.5, 0.6) is 0 Å². The predicted octanol–water partition coefficient (Wildman–Crippen LogP) is -0.342. The molecule has 9 heteroatoms. The summed E-state index contributed by atoms with van der Waals surface area (Å²) in [7, 11) is -2.95. The smallest absolute Gasteiger partial charge is 0.358 e. The summed E-state index contributed by atoms with van der Waals surface area (Å²) in [5.74, 6) is -0.696. The molecular formula is C11H18N4O4S. The minimum absolute atomic E-state index is 0.0736. The number of carbonyl (C=O) groups is 1. The van der Waals surface area contributed by atoms with Crippen molar-refractivity contribution in [3.05, 3.63) is 11.9 Å². The number of likely N-dealkylation sites (tertiary alicyclic amines) is 1. The summed E-state index contributed by atoms with van der Waals surface area (Å²) in [6.45, 7) is 3.70. The predicted molar refractivity (Wildman–Crippen MR) is 71.4 cm³/mol. The molecule has 0 unspecified atom stereocenters. The van der Waals surface area contributed by atoms with E-state index >= 15 is 0 Å². The van der Waals surface area contributed by atoms with Crippen LogP contribution in [0.4, 0.5) is 0 Å². The maximum atomic E-state index is 11.6. The first-order valence-corrected chi connectivity index (χ1v) is 8.31. The Morgan fingerprint density at radius 2 is 2.15 bits per heavy atom. The quantitative estimate of drug-likeness (QED) is 0.734. The molecule has 0 saturated carbocycles. The zero-order valence-electron chi connectivity index (χ0n) is 11.3. The molecule has 8 nitrogen and oxygen atoms in total. The molecule has 2 rings (SSSR count). The molecule has 1 aromatic heterocycles. The molecular weight excluding hydrogens is 284 g/mol. The van der Waals surface area contributed by atoms with E-state index in [1.165, 1.54) is 10.9 Å². The molecule has 0 atom stereocenters. The number of carboxylic acids is 1. The van der Waals surface area contributed by atoms with Gasteiger partial charge in [-0.15, -0.1) is 5.10 Å². The van der Waals surface area contributed by atoms with E-state index < -0.39 is 15.8 Å². The molecule has 0 aromatic carbocycles. The molecule has 0 radical (unpaired) electrons. The van der Waals surface area contributed by atoms with Gasteiger partial charge in [0, 0.05) is 25.4 Å². The Labute approximate surface area is 117 Å². The summed E-state index contributed by atoms with van der Waals surface area (Å²) >= 11 is 0. The van der Waals surface area contributed by atoms with Crippen LogP contribution in [0.25, 0.3) is 0 Å². The lowest BCUT2D eigenvalue weighted by Crippen LogP contribution is -2.49. The van der Waals surface area contributed by atoms with Crippen LogP contribution in [0, 0.1) is 0 Å². The molecule has 1 aromatic rings. The van der Waals surface area contributed by atoms with Gasteiger partial charge in [0.2, 0.25) is 0 Å². The van der Waals surface area contributed by atoms with Crippen molar-refractivity contribution in [1.29, 1.82) is 0 Å². The summed E-state index contributed by atoms with van der Waals surface area (Å²) in [4.78, 5) is 12.7. The van der Waals surface area contributed by atoms with E-state index in [2.05, 4.69) is 10.3 Å². The zero-order chi connectivity index (χ0) is 14.8. The van der Waals surface area contributed by atoms with Gasteiger partial charge in [-0.25, -0.2) is 17.9 Å². The Hall–Kier alpha value is -1.48. The highest BCUT2D eigenvalue weighted by molar-refractivity contribution is 7.91. The van der Waals surface area contributed by atoms with Crippen LogP contribution >= 0.6 is 0 Å². The van der Waals surface area contributed by atoms with Crippen LogP contribution in [0.3, 0.4) is 0 Å². The highest BCUT2D eigenvalue weighted by Crippen LogP contribution is 2.20. The summed E-state index contributed by atoms with van der Waals surface area (Å²) < 4.78 is 24.7. The van der Waals surface area contributed by atoms with Crippen molar-refractivity contribution >= 4 is 15.8 Å². The SMILES string of the molecule is CCCS(=O)(=O)CCN1CC(n2cc(C(=O)O)nn2)C1. The molecule has 1 aliphatic rings. The highest BCUT2D eigenvalue weighted by Gasteiger charge is 2.30. The molecule has 2 heterocycles. The molecule has 112 valence electrons. The van der Waals surface area contributed by atoms with Crippen LogP contribution in [0.1, 0.15) is 29.9 Å². The highest BCUT2D eigenvalue weighted by atomic mass is 32.2. The third kappa shape index (κ3) is 3.54. The summed E-state index contributed by atoms with van der Waals surface area (Å²) in [5, 5.41) is 16.1. The van der Waals surface area contributed by atoms with Crippen LogP contribution < -0.4 is 0 Å². The van der Waals surface area contributed by atoms with Crippen LogP contribution in [0.2, 0.25) is 0 Å². The summed E-state index contributed by atoms with van der Waals surface area (Å²) in [6, 6.07) is 0.0736. The van der Waals surface area contributed by atoms with Gasteiger partial charge in [-0.2, -0.15) is 0 Å².